The van der Waals surface area contributed by atoms with Gasteiger partial charge in [-0.05, 0) is 17.9 Å². The van der Waals surface area contributed by atoms with E-state index in [0.29, 0.717) is 12.2 Å². The molecule has 0 unspecified atom stereocenters. The second kappa shape index (κ2) is 12.7. The second-order valence-corrected chi connectivity index (χ2v) is 8.69. The summed E-state index contributed by atoms with van der Waals surface area (Å²) in [5, 5.41) is 1.82. The van der Waals surface area contributed by atoms with E-state index < -0.39 is 10.1 Å². The van der Waals surface area contributed by atoms with Gasteiger partial charge in [-0.2, -0.15) is 8.42 Å². The van der Waals surface area contributed by atoms with Crippen molar-refractivity contribution in [3.63, 3.8) is 0 Å². The van der Waals surface area contributed by atoms with E-state index in [-0.39, 0.29) is 11.9 Å². The largest absolute Gasteiger partial charge is 0.382 e. The number of unbranched alkanes of at least 4 members (excludes halogenated alkanes) is 9. The first-order valence-electron chi connectivity index (χ1n) is 10.0. The molecular formula is C22H35NO3S. The fraction of sp³-hybridized carbons (Fsp3) is 0.545. The number of fused-ring (bicyclic) bond motifs is 1. The van der Waals surface area contributed by atoms with Crippen molar-refractivity contribution in [2.24, 2.45) is 0 Å². The normalized spacial score (nSPS) is 11.3. The average molecular weight is 394 g/mol. The fourth-order valence-electron chi connectivity index (χ4n) is 3.21. The summed E-state index contributed by atoms with van der Waals surface area (Å²) in [6.45, 7) is 2.23. The Morgan fingerprint density at radius 1 is 0.741 bits per heavy atom. The summed E-state index contributed by atoms with van der Waals surface area (Å²) < 4.78 is 29.9. The van der Waals surface area contributed by atoms with Gasteiger partial charge in [-0.1, -0.05) is 101 Å². The van der Waals surface area contributed by atoms with Gasteiger partial charge in [0.25, 0.3) is 0 Å². The van der Waals surface area contributed by atoms with Gasteiger partial charge in [-0.25, -0.2) is 0 Å². The van der Waals surface area contributed by atoms with Gasteiger partial charge in [0, 0.05) is 5.39 Å². The summed E-state index contributed by atoms with van der Waals surface area (Å²) in [6.07, 6.45) is 11.8. The van der Waals surface area contributed by atoms with E-state index in [1.807, 2.05) is 36.4 Å². The molecule has 2 rings (SSSR count). The van der Waals surface area contributed by atoms with Crippen LogP contribution in [0.4, 0.5) is 0 Å². The molecule has 2 aromatic rings. The highest BCUT2D eigenvalue weighted by Gasteiger charge is 2.14. The first kappa shape index (κ1) is 23.4. The van der Waals surface area contributed by atoms with Crippen molar-refractivity contribution in [3.8, 4) is 5.75 Å². The van der Waals surface area contributed by atoms with Crippen molar-refractivity contribution in [2.75, 3.05) is 5.75 Å². The Morgan fingerprint density at radius 2 is 1.30 bits per heavy atom. The van der Waals surface area contributed by atoms with E-state index in [2.05, 4.69) is 6.92 Å². The molecule has 0 aliphatic heterocycles. The Balaban J connectivity index is 0.00000364. The molecule has 0 saturated heterocycles. The lowest BCUT2D eigenvalue weighted by molar-refractivity contribution is 0.484. The molecule has 0 heterocycles. The van der Waals surface area contributed by atoms with Crippen molar-refractivity contribution in [3.05, 3.63) is 42.5 Å². The molecule has 0 amide bonds. The predicted octanol–water partition coefficient (Wildman–Crippen LogP) is 6.63. The molecule has 0 aliphatic rings. The number of hydrogen-bond donors (Lipinski definition) is 1. The fourth-order valence-corrected chi connectivity index (χ4v) is 4.27. The third-order valence-electron chi connectivity index (χ3n) is 4.71. The van der Waals surface area contributed by atoms with Crippen LogP contribution in [0.2, 0.25) is 0 Å². The molecule has 0 fully saturated rings. The molecule has 0 saturated carbocycles. The zero-order valence-electron chi connectivity index (χ0n) is 16.7. The van der Waals surface area contributed by atoms with E-state index >= 15 is 0 Å². The summed E-state index contributed by atoms with van der Waals surface area (Å²) in [7, 11) is -3.53. The minimum Gasteiger partial charge on any atom is -0.382 e. The molecule has 27 heavy (non-hydrogen) atoms. The Morgan fingerprint density at radius 3 is 1.96 bits per heavy atom. The third kappa shape index (κ3) is 8.76. The maximum Gasteiger partial charge on any atom is 0.309 e. The van der Waals surface area contributed by atoms with Crippen LogP contribution in [-0.2, 0) is 10.1 Å². The SMILES string of the molecule is CCCCCCCCCCCCS(=O)(=O)Oc1cccc2ccccc12.N. The van der Waals surface area contributed by atoms with Crippen molar-refractivity contribution in [2.45, 2.75) is 71.1 Å². The van der Waals surface area contributed by atoms with Gasteiger partial charge in [0.2, 0.25) is 0 Å². The number of rotatable bonds is 13. The summed E-state index contributed by atoms with van der Waals surface area (Å²) in [6, 6.07) is 13.2. The third-order valence-corrected chi connectivity index (χ3v) is 5.94. The van der Waals surface area contributed by atoms with Gasteiger partial charge >= 0.3 is 10.1 Å². The first-order chi connectivity index (χ1) is 12.6. The Bertz CT molecular complexity index is 754. The van der Waals surface area contributed by atoms with Crippen LogP contribution in [0.3, 0.4) is 0 Å². The summed E-state index contributed by atoms with van der Waals surface area (Å²) in [4.78, 5) is 0. The minimum atomic E-state index is -3.53. The van der Waals surface area contributed by atoms with Gasteiger partial charge in [0.1, 0.15) is 5.75 Å². The average Bonchev–Trinajstić information content (AvgIpc) is 2.63. The van der Waals surface area contributed by atoms with Crippen LogP contribution in [0.25, 0.3) is 10.8 Å². The zero-order chi connectivity index (χ0) is 18.7. The Hall–Kier alpha value is -1.59. The van der Waals surface area contributed by atoms with Gasteiger partial charge in [-0.15, -0.1) is 0 Å². The molecule has 0 aromatic heterocycles. The monoisotopic (exact) mass is 393 g/mol. The smallest absolute Gasteiger partial charge is 0.309 e. The first-order valence-corrected chi connectivity index (χ1v) is 11.6. The Labute approximate surface area is 165 Å². The quantitative estimate of drug-likeness (QED) is 0.306. The Kier molecular flexibility index (Phi) is 11.1. The van der Waals surface area contributed by atoms with Gasteiger partial charge < -0.3 is 10.3 Å². The summed E-state index contributed by atoms with van der Waals surface area (Å²) in [5.41, 5.74) is 0. The van der Waals surface area contributed by atoms with Crippen LogP contribution < -0.4 is 10.3 Å². The maximum atomic E-state index is 12.3. The molecule has 0 atom stereocenters. The molecule has 2 aromatic carbocycles. The zero-order valence-corrected chi connectivity index (χ0v) is 17.5. The van der Waals surface area contributed by atoms with Crippen LogP contribution in [0.5, 0.6) is 5.75 Å². The van der Waals surface area contributed by atoms with Gasteiger partial charge in [-0.3, -0.25) is 0 Å². The van der Waals surface area contributed by atoms with Crippen LogP contribution in [0.15, 0.2) is 42.5 Å². The minimum absolute atomic E-state index is 0. The molecule has 0 aliphatic carbocycles. The second-order valence-electron chi connectivity index (χ2n) is 7.00. The van der Waals surface area contributed by atoms with Crippen molar-refractivity contribution >= 4 is 20.9 Å². The lowest BCUT2D eigenvalue weighted by Gasteiger charge is -2.09. The number of benzene rings is 2. The van der Waals surface area contributed by atoms with E-state index in [1.165, 1.54) is 44.9 Å². The molecule has 3 N–H and O–H groups in total. The van der Waals surface area contributed by atoms with Crippen LogP contribution >= 0.6 is 0 Å². The van der Waals surface area contributed by atoms with Gasteiger partial charge in [0.15, 0.2) is 0 Å². The molecule has 0 spiro atoms. The van der Waals surface area contributed by atoms with Crippen molar-refractivity contribution in [1.82, 2.24) is 6.15 Å². The molecule has 152 valence electrons. The highest BCUT2D eigenvalue weighted by Crippen LogP contribution is 2.26. The highest BCUT2D eigenvalue weighted by molar-refractivity contribution is 7.87. The molecule has 0 bridgehead atoms. The van der Waals surface area contributed by atoms with Crippen LogP contribution in [-0.4, -0.2) is 14.2 Å². The van der Waals surface area contributed by atoms with Crippen LogP contribution in [0.1, 0.15) is 71.1 Å². The van der Waals surface area contributed by atoms with Crippen molar-refractivity contribution < 1.29 is 12.6 Å². The molecule has 5 heteroatoms. The van der Waals surface area contributed by atoms with E-state index in [0.717, 1.165) is 23.6 Å². The molecule has 4 nitrogen and oxygen atoms in total. The lowest BCUT2D eigenvalue weighted by atomic mass is 10.1. The van der Waals surface area contributed by atoms with E-state index in [1.54, 1.807) is 6.07 Å². The van der Waals surface area contributed by atoms with Crippen molar-refractivity contribution in [1.29, 1.82) is 0 Å². The summed E-state index contributed by atoms with van der Waals surface area (Å²) in [5.74, 6) is 0.516. The van der Waals surface area contributed by atoms with Gasteiger partial charge in [0.05, 0.1) is 5.75 Å². The predicted molar refractivity (Wildman–Crippen MR) is 115 cm³/mol. The van der Waals surface area contributed by atoms with E-state index in [4.69, 9.17) is 4.18 Å². The van der Waals surface area contributed by atoms with E-state index in [9.17, 15) is 8.42 Å². The molecule has 0 radical (unpaired) electrons. The number of hydrogen-bond acceptors (Lipinski definition) is 4. The summed E-state index contributed by atoms with van der Waals surface area (Å²) >= 11 is 0. The standard InChI is InChI=1S/C22H32O3S.H3N/c1-2-3-4-5-6-7-8-9-10-13-19-26(23,24)25-22-18-14-16-20-15-11-12-17-21(20)22;/h11-12,14-18H,2-10,13,19H2,1H3;1H3. The lowest BCUT2D eigenvalue weighted by Crippen LogP contribution is -2.14. The maximum absolute atomic E-state index is 12.3. The molecular weight excluding hydrogens is 358 g/mol. The van der Waals surface area contributed by atoms with Crippen LogP contribution in [0, 0.1) is 0 Å². The topological polar surface area (TPSA) is 78.4 Å². The highest BCUT2D eigenvalue weighted by atomic mass is 32.2.